The van der Waals surface area contributed by atoms with Gasteiger partial charge in [0.1, 0.15) is 5.82 Å². The van der Waals surface area contributed by atoms with Gasteiger partial charge in [-0.25, -0.2) is 4.39 Å². The molecule has 0 atom stereocenters. The van der Waals surface area contributed by atoms with Crippen LogP contribution in [0.3, 0.4) is 0 Å². The van der Waals surface area contributed by atoms with Crippen LogP contribution in [-0.2, 0) is 0 Å². The summed E-state index contributed by atoms with van der Waals surface area (Å²) in [6, 6.07) is 8.67. The zero-order valence-corrected chi connectivity index (χ0v) is 11.1. The summed E-state index contributed by atoms with van der Waals surface area (Å²) in [6.45, 7) is 0. The number of carbonyl (C=O) groups excluding carboxylic acids is 1. The number of hydrogen-bond donors (Lipinski definition) is 2. The normalized spacial score (nSPS) is 10.3. The Morgan fingerprint density at radius 2 is 1.95 bits per heavy atom. The van der Waals surface area contributed by atoms with Gasteiger partial charge < -0.3 is 11.1 Å². The summed E-state index contributed by atoms with van der Waals surface area (Å²) in [5.41, 5.74) is 6.46. The molecular weight excluding hydrogens is 290 g/mol. The molecule has 0 bridgehead atoms. The highest BCUT2D eigenvalue weighted by molar-refractivity contribution is 6.35. The van der Waals surface area contributed by atoms with E-state index in [-0.39, 0.29) is 10.6 Å². The van der Waals surface area contributed by atoms with Crippen LogP contribution in [0, 0.1) is 5.82 Å². The first-order valence-electron chi connectivity index (χ1n) is 5.29. The minimum atomic E-state index is -0.648. The summed E-state index contributed by atoms with van der Waals surface area (Å²) < 4.78 is 13.2. The molecule has 1 amide bonds. The minimum Gasteiger partial charge on any atom is -0.398 e. The highest BCUT2D eigenvalue weighted by atomic mass is 35.5. The van der Waals surface area contributed by atoms with Gasteiger partial charge in [-0.1, -0.05) is 29.3 Å². The SMILES string of the molecule is Nc1ccc(NC(=O)c2cccc(F)c2Cl)cc1Cl. The Hall–Kier alpha value is -1.78. The van der Waals surface area contributed by atoms with E-state index in [0.717, 1.165) is 0 Å². The Kier molecular flexibility index (Phi) is 3.93. The van der Waals surface area contributed by atoms with Crippen molar-refractivity contribution in [2.24, 2.45) is 0 Å². The maximum Gasteiger partial charge on any atom is 0.257 e. The number of benzene rings is 2. The Labute approximate surface area is 119 Å². The van der Waals surface area contributed by atoms with Gasteiger partial charge in [0.25, 0.3) is 5.91 Å². The van der Waals surface area contributed by atoms with Crippen molar-refractivity contribution >= 4 is 40.5 Å². The molecule has 6 heteroatoms. The minimum absolute atomic E-state index is 0.0506. The van der Waals surface area contributed by atoms with E-state index in [0.29, 0.717) is 16.4 Å². The molecule has 3 nitrogen and oxygen atoms in total. The third kappa shape index (κ3) is 2.97. The first-order chi connectivity index (χ1) is 8.99. The molecule has 0 spiro atoms. The zero-order chi connectivity index (χ0) is 14.0. The maximum atomic E-state index is 13.2. The first-order valence-corrected chi connectivity index (χ1v) is 6.05. The molecule has 2 aromatic carbocycles. The lowest BCUT2D eigenvalue weighted by Gasteiger charge is -2.08. The van der Waals surface area contributed by atoms with Gasteiger partial charge in [-0.05, 0) is 30.3 Å². The maximum absolute atomic E-state index is 13.2. The van der Waals surface area contributed by atoms with Crippen LogP contribution in [0.4, 0.5) is 15.8 Å². The quantitative estimate of drug-likeness (QED) is 0.824. The molecule has 0 fully saturated rings. The lowest BCUT2D eigenvalue weighted by atomic mass is 10.2. The molecule has 0 aliphatic heterocycles. The fourth-order valence-corrected chi connectivity index (χ4v) is 1.87. The van der Waals surface area contributed by atoms with Crippen molar-refractivity contribution in [1.29, 1.82) is 0 Å². The van der Waals surface area contributed by atoms with Crippen LogP contribution in [0.5, 0.6) is 0 Å². The Balaban J connectivity index is 2.26. The predicted molar refractivity (Wildman–Crippen MR) is 75.2 cm³/mol. The van der Waals surface area contributed by atoms with Gasteiger partial charge in [0.05, 0.1) is 21.3 Å². The number of nitrogens with two attached hydrogens (primary N) is 1. The molecule has 0 radical (unpaired) electrons. The topological polar surface area (TPSA) is 55.1 Å². The second-order valence-electron chi connectivity index (χ2n) is 3.79. The average Bonchev–Trinajstić information content (AvgIpc) is 2.37. The van der Waals surface area contributed by atoms with Crippen molar-refractivity contribution < 1.29 is 9.18 Å². The monoisotopic (exact) mass is 298 g/mol. The van der Waals surface area contributed by atoms with E-state index in [1.165, 1.54) is 24.3 Å². The predicted octanol–water partition coefficient (Wildman–Crippen LogP) is 3.97. The van der Waals surface area contributed by atoms with Crippen LogP contribution in [-0.4, -0.2) is 5.91 Å². The van der Waals surface area contributed by atoms with E-state index in [9.17, 15) is 9.18 Å². The van der Waals surface area contributed by atoms with Crippen molar-refractivity contribution in [1.82, 2.24) is 0 Å². The molecule has 2 aromatic rings. The van der Waals surface area contributed by atoms with Crippen LogP contribution in [0.1, 0.15) is 10.4 Å². The van der Waals surface area contributed by atoms with Gasteiger partial charge in [-0.2, -0.15) is 0 Å². The fourth-order valence-electron chi connectivity index (χ4n) is 1.48. The third-order valence-corrected chi connectivity index (χ3v) is 3.17. The molecule has 98 valence electrons. The highest BCUT2D eigenvalue weighted by Gasteiger charge is 2.13. The Bertz CT molecular complexity index is 647. The van der Waals surface area contributed by atoms with Gasteiger partial charge >= 0.3 is 0 Å². The number of nitrogen functional groups attached to an aromatic ring is 1. The number of rotatable bonds is 2. The number of hydrogen-bond acceptors (Lipinski definition) is 2. The highest BCUT2D eigenvalue weighted by Crippen LogP contribution is 2.24. The molecular formula is C13H9Cl2FN2O. The van der Waals surface area contributed by atoms with E-state index in [4.69, 9.17) is 28.9 Å². The van der Waals surface area contributed by atoms with E-state index in [1.54, 1.807) is 12.1 Å². The summed E-state index contributed by atoms with van der Waals surface area (Å²) in [5, 5.41) is 2.67. The molecule has 0 saturated carbocycles. The molecule has 3 N–H and O–H groups in total. The van der Waals surface area contributed by atoms with Gasteiger partial charge in [-0.3, -0.25) is 4.79 Å². The van der Waals surface area contributed by atoms with E-state index < -0.39 is 11.7 Å². The van der Waals surface area contributed by atoms with Crippen molar-refractivity contribution in [3.63, 3.8) is 0 Å². The van der Waals surface area contributed by atoms with Gasteiger partial charge in [0.15, 0.2) is 0 Å². The molecule has 0 aromatic heterocycles. The second kappa shape index (κ2) is 5.47. The van der Waals surface area contributed by atoms with Crippen LogP contribution >= 0.6 is 23.2 Å². The Morgan fingerprint density at radius 1 is 1.21 bits per heavy atom. The summed E-state index contributed by atoms with van der Waals surface area (Å²) >= 11 is 11.6. The number of amides is 1. The number of carbonyl (C=O) groups is 1. The van der Waals surface area contributed by atoms with E-state index in [1.807, 2.05) is 0 Å². The van der Waals surface area contributed by atoms with Crippen LogP contribution in [0.2, 0.25) is 10.0 Å². The van der Waals surface area contributed by atoms with Crippen LogP contribution in [0.15, 0.2) is 36.4 Å². The lowest BCUT2D eigenvalue weighted by molar-refractivity contribution is 0.102. The van der Waals surface area contributed by atoms with E-state index >= 15 is 0 Å². The molecule has 0 saturated heterocycles. The number of halogens is 3. The fraction of sp³-hybridized carbons (Fsp3) is 0. The van der Waals surface area contributed by atoms with Crippen molar-refractivity contribution in [2.45, 2.75) is 0 Å². The van der Waals surface area contributed by atoms with Gasteiger partial charge in [-0.15, -0.1) is 0 Å². The van der Waals surface area contributed by atoms with Gasteiger partial charge in [0, 0.05) is 5.69 Å². The molecule has 2 rings (SSSR count). The van der Waals surface area contributed by atoms with Crippen molar-refractivity contribution in [2.75, 3.05) is 11.1 Å². The molecule has 0 heterocycles. The van der Waals surface area contributed by atoms with Crippen LogP contribution < -0.4 is 11.1 Å². The summed E-state index contributed by atoms with van der Waals surface area (Å²) in [4.78, 5) is 11.9. The summed E-state index contributed by atoms with van der Waals surface area (Å²) in [7, 11) is 0. The molecule has 0 aliphatic carbocycles. The number of anilines is 2. The van der Waals surface area contributed by atoms with Gasteiger partial charge in [0.2, 0.25) is 0 Å². The van der Waals surface area contributed by atoms with Crippen molar-refractivity contribution in [3.8, 4) is 0 Å². The lowest BCUT2D eigenvalue weighted by Crippen LogP contribution is -2.13. The zero-order valence-electron chi connectivity index (χ0n) is 9.58. The molecule has 0 aliphatic rings. The summed E-state index contributed by atoms with van der Waals surface area (Å²) in [6.07, 6.45) is 0. The Morgan fingerprint density at radius 3 is 2.63 bits per heavy atom. The number of nitrogens with one attached hydrogen (secondary N) is 1. The third-order valence-electron chi connectivity index (χ3n) is 2.45. The smallest absolute Gasteiger partial charge is 0.257 e. The van der Waals surface area contributed by atoms with E-state index in [2.05, 4.69) is 5.32 Å². The average molecular weight is 299 g/mol. The molecule has 19 heavy (non-hydrogen) atoms. The van der Waals surface area contributed by atoms with Crippen LogP contribution in [0.25, 0.3) is 0 Å². The summed E-state index contributed by atoms with van der Waals surface area (Å²) in [5.74, 6) is -1.17. The molecule has 0 unspecified atom stereocenters. The van der Waals surface area contributed by atoms with Crippen molar-refractivity contribution in [3.05, 3.63) is 57.8 Å². The largest absolute Gasteiger partial charge is 0.398 e. The second-order valence-corrected chi connectivity index (χ2v) is 4.58. The first kappa shape index (κ1) is 13.6. The standard InChI is InChI=1S/C13H9Cl2FN2O/c14-9-6-7(4-5-11(9)17)18-13(19)8-2-1-3-10(16)12(8)15/h1-6H,17H2,(H,18,19).